The van der Waals surface area contributed by atoms with Crippen LogP contribution in [0.3, 0.4) is 0 Å². The van der Waals surface area contributed by atoms with Crippen molar-refractivity contribution < 1.29 is 4.74 Å². The molecule has 0 aliphatic carbocycles. The maximum absolute atomic E-state index is 5.92. The lowest BCUT2D eigenvalue weighted by Crippen LogP contribution is -2.36. The lowest BCUT2D eigenvalue weighted by Gasteiger charge is -2.28. The highest BCUT2D eigenvalue weighted by Gasteiger charge is 2.17. The third-order valence-electron chi connectivity index (χ3n) is 2.60. The Kier molecular flexibility index (Phi) is 2.67. The van der Waals surface area contributed by atoms with Crippen LogP contribution in [0.5, 0.6) is 0 Å². The third kappa shape index (κ3) is 1.75. The fourth-order valence-corrected chi connectivity index (χ4v) is 2.74. The van der Waals surface area contributed by atoms with Gasteiger partial charge in [-0.1, -0.05) is 0 Å². The molecule has 0 saturated carbocycles. The number of hydrogen-bond donors (Lipinski definition) is 0. The summed E-state index contributed by atoms with van der Waals surface area (Å²) < 4.78 is 5.33. The quantitative estimate of drug-likeness (QED) is 0.732. The molecule has 1 aliphatic rings. The summed E-state index contributed by atoms with van der Waals surface area (Å²) in [6.45, 7) is 3.21. The summed E-state index contributed by atoms with van der Waals surface area (Å²) in [6, 6.07) is 0. The first kappa shape index (κ1) is 10.3. The molecule has 1 fully saturated rings. The Morgan fingerprint density at radius 2 is 2.06 bits per heavy atom. The van der Waals surface area contributed by atoms with Gasteiger partial charge in [0.1, 0.15) is 5.82 Å². The van der Waals surface area contributed by atoms with Crippen LogP contribution in [0.1, 0.15) is 0 Å². The van der Waals surface area contributed by atoms with Gasteiger partial charge in [0.2, 0.25) is 5.28 Å². The molecule has 84 valence electrons. The van der Waals surface area contributed by atoms with E-state index in [0.29, 0.717) is 5.28 Å². The number of halogens is 1. The van der Waals surface area contributed by atoms with Crippen molar-refractivity contribution in [3.8, 4) is 0 Å². The normalized spacial score (nSPS) is 16.9. The molecule has 4 nitrogen and oxygen atoms in total. The Balaban J connectivity index is 2.09. The van der Waals surface area contributed by atoms with Crippen LogP contribution in [0.4, 0.5) is 5.82 Å². The minimum absolute atomic E-state index is 0.312. The second kappa shape index (κ2) is 4.16. The van der Waals surface area contributed by atoms with E-state index in [-0.39, 0.29) is 0 Å². The summed E-state index contributed by atoms with van der Waals surface area (Å²) in [4.78, 5) is 10.7. The molecule has 2 aromatic rings. The number of fused-ring (bicyclic) bond motifs is 1. The highest BCUT2D eigenvalue weighted by atomic mass is 35.5. The second-order valence-corrected chi connectivity index (χ2v) is 4.67. The Morgan fingerprint density at radius 3 is 2.88 bits per heavy atom. The average molecular weight is 256 g/mol. The molecule has 1 aliphatic heterocycles. The van der Waals surface area contributed by atoms with Gasteiger partial charge in [-0.2, -0.15) is 4.98 Å². The summed E-state index contributed by atoms with van der Waals surface area (Å²) in [7, 11) is 0. The summed E-state index contributed by atoms with van der Waals surface area (Å²) in [5.41, 5.74) is 0.923. The van der Waals surface area contributed by atoms with E-state index < -0.39 is 0 Å². The zero-order chi connectivity index (χ0) is 11.0. The zero-order valence-corrected chi connectivity index (χ0v) is 10.1. The number of rotatable bonds is 1. The van der Waals surface area contributed by atoms with Gasteiger partial charge in [0.15, 0.2) is 0 Å². The molecule has 1 saturated heterocycles. The maximum atomic E-state index is 5.92. The number of aromatic nitrogens is 2. The molecule has 3 rings (SSSR count). The molecular formula is C10H10ClN3OS. The number of ether oxygens (including phenoxy) is 1. The third-order valence-corrected chi connectivity index (χ3v) is 3.50. The van der Waals surface area contributed by atoms with E-state index in [1.54, 1.807) is 11.3 Å². The molecule has 2 aromatic heterocycles. The summed E-state index contributed by atoms with van der Waals surface area (Å²) >= 11 is 7.55. The molecule has 0 aromatic carbocycles. The Labute approximate surface area is 102 Å². The molecule has 0 unspecified atom stereocenters. The standard InChI is InChI=1S/C10H10ClN3OS/c11-10-12-8-6-16-5-7(8)9(13-10)14-1-3-15-4-2-14/h5-6H,1-4H2. The molecule has 3 heterocycles. The van der Waals surface area contributed by atoms with E-state index >= 15 is 0 Å². The SMILES string of the molecule is Clc1nc(N2CCOCC2)c2cscc2n1. The first-order chi connectivity index (χ1) is 7.84. The minimum atomic E-state index is 0.312. The van der Waals surface area contributed by atoms with Crippen molar-refractivity contribution >= 4 is 39.7 Å². The summed E-state index contributed by atoms with van der Waals surface area (Å²) in [5.74, 6) is 0.930. The fourth-order valence-electron chi connectivity index (χ4n) is 1.83. The lowest BCUT2D eigenvalue weighted by atomic mass is 10.3. The van der Waals surface area contributed by atoms with Gasteiger partial charge in [-0.15, -0.1) is 11.3 Å². The largest absolute Gasteiger partial charge is 0.378 e. The molecule has 16 heavy (non-hydrogen) atoms. The number of thiophene rings is 1. The van der Waals surface area contributed by atoms with Crippen LogP contribution in [0, 0.1) is 0 Å². The molecular weight excluding hydrogens is 246 g/mol. The van der Waals surface area contributed by atoms with Crippen molar-refractivity contribution in [1.82, 2.24) is 9.97 Å². The number of nitrogens with zero attached hydrogens (tertiary/aromatic N) is 3. The van der Waals surface area contributed by atoms with Crippen LogP contribution in [-0.2, 0) is 4.74 Å². The molecule has 6 heteroatoms. The fraction of sp³-hybridized carbons (Fsp3) is 0.400. The van der Waals surface area contributed by atoms with E-state index in [0.717, 1.165) is 43.0 Å². The van der Waals surface area contributed by atoms with Crippen molar-refractivity contribution in [2.75, 3.05) is 31.2 Å². The Morgan fingerprint density at radius 1 is 1.25 bits per heavy atom. The topological polar surface area (TPSA) is 38.2 Å². The predicted octanol–water partition coefficient (Wildman–Crippen LogP) is 2.18. The zero-order valence-electron chi connectivity index (χ0n) is 8.52. The first-order valence-electron chi connectivity index (χ1n) is 5.07. The smallest absolute Gasteiger partial charge is 0.224 e. The molecule has 0 atom stereocenters. The Hall–Kier alpha value is -0.910. The molecule has 0 spiro atoms. The Bertz CT molecular complexity index is 510. The minimum Gasteiger partial charge on any atom is -0.378 e. The number of morpholine rings is 1. The van der Waals surface area contributed by atoms with Crippen LogP contribution in [0.2, 0.25) is 5.28 Å². The van der Waals surface area contributed by atoms with Crippen LogP contribution >= 0.6 is 22.9 Å². The van der Waals surface area contributed by atoms with Crippen molar-refractivity contribution in [2.45, 2.75) is 0 Å². The van der Waals surface area contributed by atoms with Crippen molar-refractivity contribution in [3.05, 3.63) is 16.0 Å². The van der Waals surface area contributed by atoms with E-state index in [9.17, 15) is 0 Å². The van der Waals surface area contributed by atoms with Crippen LogP contribution < -0.4 is 4.90 Å². The van der Waals surface area contributed by atoms with Crippen LogP contribution in [-0.4, -0.2) is 36.3 Å². The highest BCUT2D eigenvalue weighted by Crippen LogP contribution is 2.28. The average Bonchev–Trinajstić information content (AvgIpc) is 2.77. The maximum Gasteiger partial charge on any atom is 0.224 e. The van der Waals surface area contributed by atoms with Crippen molar-refractivity contribution in [2.24, 2.45) is 0 Å². The van der Waals surface area contributed by atoms with E-state index in [2.05, 4.69) is 20.2 Å². The van der Waals surface area contributed by atoms with Gasteiger partial charge in [-0.3, -0.25) is 0 Å². The highest BCUT2D eigenvalue weighted by molar-refractivity contribution is 7.09. The summed E-state index contributed by atoms with van der Waals surface area (Å²) in [5, 5.41) is 5.45. The van der Waals surface area contributed by atoms with Gasteiger partial charge in [0.25, 0.3) is 0 Å². The van der Waals surface area contributed by atoms with Gasteiger partial charge >= 0.3 is 0 Å². The number of hydrogen-bond acceptors (Lipinski definition) is 5. The van der Waals surface area contributed by atoms with Gasteiger partial charge < -0.3 is 9.64 Å². The monoisotopic (exact) mass is 255 g/mol. The molecule has 0 N–H and O–H groups in total. The molecule has 0 bridgehead atoms. The van der Waals surface area contributed by atoms with Gasteiger partial charge in [0, 0.05) is 23.8 Å². The van der Waals surface area contributed by atoms with Crippen molar-refractivity contribution in [1.29, 1.82) is 0 Å². The second-order valence-electron chi connectivity index (χ2n) is 3.59. The van der Waals surface area contributed by atoms with Crippen LogP contribution in [0.15, 0.2) is 10.8 Å². The van der Waals surface area contributed by atoms with E-state index in [1.807, 2.05) is 5.38 Å². The van der Waals surface area contributed by atoms with Gasteiger partial charge in [-0.25, -0.2) is 4.98 Å². The van der Waals surface area contributed by atoms with E-state index in [1.165, 1.54) is 0 Å². The summed E-state index contributed by atoms with van der Waals surface area (Å²) in [6.07, 6.45) is 0. The number of anilines is 1. The van der Waals surface area contributed by atoms with Crippen LogP contribution in [0.25, 0.3) is 10.9 Å². The van der Waals surface area contributed by atoms with Crippen molar-refractivity contribution in [3.63, 3.8) is 0 Å². The van der Waals surface area contributed by atoms with E-state index in [4.69, 9.17) is 16.3 Å². The lowest BCUT2D eigenvalue weighted by molar-refractivity contribution is 0.122. The predicted molar refractivity (Wildman–Crippen MR) is 65.5 cm³/mol. The van der Waals surface area contributed by atoms with Gasteiger partial charge in [-0.05, 0) is 11.6 Å². The van der Waals surface area contributed by atoms with Gasteiger partial charge in [0.05, 0.1) is 24.1 Å². The first-order valence-corrected chi connectivity index (χ1v) is 6.39. The molecule has 0 radical (unpaired) electrons. The molecule has 0 amide bonds.